The molecule has 0 aliphatic carbocycles. The minimum Gasteiger partial charge on any atom is -0.348 e. The van der Waals surface area contributed by atoms with Gasteiger partial charge in [0.05, 0.1) is 0 Å². The molecule has 0 aromatic carbocycles. The van der Waals surface area contributed by atoms with Gasteiger partial charge in [0, 0.05) is 26.2 Å². The number of nitrogens with one attached hydrogen (secondary N) is 2. The first-order valence-corrected chi connectivity index (χ1v) is 9.15. The number of carbonyl (C=O) groups is 2. The molecule has 0 aliphatic heterocycles. The number of amides is 2. The lowest BCUT2D eigenvalue weighted by Gasteiger charge is -2.23. The van der Waals surface area contributed by atoms with Gasteiger partial charge in [-0.1, -0.05) is 0 Å². The summed E-state index contributed by atoms with van der Waals surface area (Å²) in [5.41, 5.74) is 0. The number of carbonyl (C=O) groups excluding carboxylic acids is 2. The second-order valence-corrected chi connectivity index (χ2v) is 7.47. The van der Waals surface area contributed by atoms with Crippen LogP contribution in [0.5, 0.6) is 0 Å². The fourth-order valence-electron chi connectivity index (χ4n) is 1.49. The van der Waals surface area contributed by atoms with Gasteiger partial charge in [0.15, 0.2) is 0 Å². The van der Waals surface area contributed by atoms with Crippen LogP contribution in [0.1, 0.15) is 12.8 Å². The van der Waals surface area contributed by atoms with Crippen molar-refractivity contribution in [1.29, 1.82) is 0 Å². The van der Waals surface area contributed by atoms with Gasteiger partial charge in [0.1, 0.15) is 0 Å². The maximum atomic E-state index is 11.9. The summed E-state index contributed by atoms with van der Waals surface area (Å²) in [4.78, 5) is 30.4. The molecule has 7 nitrogen and oxygen atoms in total. The molecule has 3 N–H and O–H groups in total. The van der Waals surface area contributed by atoms with Crippen molar-refractivity contribution in [3.8, 4) is 0 Å². The Hall–Kier alpha value is -1.04. The van der Waals surface area contributed by atoms with Crippen molar-refractivity contribution in [3.63, 3.8) is 0 Å². The Bertz CT molecular complexity index is 476. The van der Waals surface area contributed by atoms with E-state index in [0.29, 0.717) is 0 Å². The summed E-state index contributed by atoms with van der Waals surface area (Å²) in [5.74, 6) is -4.35. The van der Waals surface area contributed by atoms with Crippen LogP contribution in [0, 0.1) is 0 Å². The predicted molar refractivity (Wildman–Crippen MR) is 74.6 cm³/mol. The molecule has 2 amide bonds. The summed E-state index contributed by atoms with van der Waals surface area (Å²) in [7, 11) is 0. The van der Waals surface area contributed by atoms with E-state index < -0.39 is 44.1 Å². The van der Waals surface area contributed by atoms with Crippen LogP contribution in [0.15, 0.2) is 0 Å². The van der Waals surface area contributed by atoms with E-state index in [0.717, 1.165) is 4.67 Å². The highest BCUT2D eigenvalue weighted by Gasteiger charge is 2.39. The number of hydrogen-bond acceptors (Lipinski definition) is 3. The maximum absolute atomic E-state index is 11.9. The van der Waals surface area contributed by atoms with E-state index in [4.69, 9.17) is 11.2 Å². The van der Waals surface area contributed by atoms with Gasteiger partial charge in [0.25, 0.3) is 0 Å². The molecule has 0 heterocycles. The average Bonchev–Trinajstić information content (AvgIpc) is 2.41. The standard InChI is InChI=1S/C10H15ClF6N3O4P/c11-25(23,24)20(5-1-3-18-7(21)9(12,13)14)6-2-4-19-8(22)10(15,16)17/h1-6H2,(H,18,21)(H,19,22)(H,23,24). The van der Waals surface area contributed by atoms with Crippen LogP contribution in [-0.4, -0.2) is 59.9 Å². The Balaban J connectivity index is 4.26. The first-order chi connectivity index (χ1) is 11.2. The van der Waals surface area contributed by atoms with Crippen LogP contribution in [-0.2, 0) is 14.2 Å². The van der Waals surface area contributed by atoms with E-state index >= 15 is 0 Å². The maximum Gasteiger partial charge on any atom is 0.471 e. The van der Waals surface area contributed by atoms with Gasteiger partial charge in [-0.05, 0) is 24.1 Å². The number of halogens is 7. The second-order valence-electron chi connectivity index (χ2n) is 4.64. The Labute approximate surface area is 143 Å². The second kappa shape index (κ2) is 9.60. The van der Waals surface area contributed by atoms with Crippen LogP contribution >= 0.6 is 18.1 Å². The molecule has 0 saturated carbocycles. The van der Waals surface area contributed by atoms with Crippen LogP contribution in [0.4, 0.5) is 26.3 Å². The summed E-state index contributed by atoms with van der Waals surface area (Å²) in [5, 5.41) is 3.08. The summed E-state index contributed by atoms with van der Waals surface area (Å²) >= 11 is 5.23. The monoisotopic (exact) mass is 421 g/mol. The fraction of sp³-hybridized carbons (Fsp3) is 0.800. The van der Waals surface area contributed by atoms with Gasteiger partial charge >= 0.3 is 31.0 Å². The summed E-state index contributed by atoms with van der Waals surface area (Å²) < 4.78 is 83.7. The van der Waals surface area contributed by atoms with Crippen molar-refractivity contribution >= 4 is 29.9 Å². The van der Waals surface area contributed by atoms with Crippen molar-refractivity contribution in [1.82, 2.24) is 15.3 Å². The lowest BCUT2D eigenvalue weighted by molar-refractivity contribution is -0.173. The molecule has 15 heteroatoms. The van der Waals surface area contributed by atoms with Gasteiger partial charge in [-0.3, -0.25) is 14.2 Å². The summed E-state index contributed by atoms with van der Waals surface area (Å²) in [6.07, 6.45) is -10.5. The smallest absolute Gasteiger partial charge is 0.348 e. The molecule has 0 bridgehead atoms. The molecule has 0 radical (unpaired) electrons. The molecule has 0 rings (SSSR count). The topological polar surface area (TPSA) is 98.7 Å². The summed E-state index contributed by atoms with van der Waals surface area (Å²) in [6.45, 7) is -5.86. The third kappa shape index (κ3) is 10.5. The van der Waals surface area contributed by atoms with E-state index in [1.54, 1.807) is 10.6 Å². The minimum absolute atomic E-state index is 0.173. The molecule has 0 aromatic heterocycles. The molecule has 0 aromatic rings. The van der Waals surface area contributed by atoms with Crippen LogP contribution in [0.2, 0.25) is 0 Å². The largest absolute Gasteiger partial charge is 0.471 e. The Morgan fingerprint density at radius 1 is 0.920 bits per heavy atom. The molecular formula is C10H15ClF6N3O4P. The summed E-state index contributed by atoms with van der Waals surface area (Å²) in [6, 6.07) is 0. The highest BCUT2D eigenvalue weighted by atomic mass is 35.7. The van der Waals surface area contributed by atoms with E-state index in [1.165, 1.54) is 0 Å². The Morgan fingerprint density at radius 2 is 1.24 bits per heavy atom. The van der Waals surface area contributed by atoms with Crippen molar-refractivity contribution in [2.24, 2.45) is 0 Å². The Morgan fingerprint density at radius 3 is 1.48 bits per heavy atom. The Kier molecular flexibility index (Phi) is 9.20. The quantitative estimate of drug-likeness (QED) is 0.299. The normalized spacial score (nSPS) is 14.9. The van der Waals surface area contributed by atoms with Gasteiger partial charge < -0.3 is 15.5 Å². The third-order valence-electron chi connectivity index (χ3n) is 2.62. The van der Waals surface area contributed by atoms with Crippen molar-refractivity contribution in [3.05, 3.63) is 0 Å². The average molecular weight is 422 g/mol. The lowest BCUT2D eigenvalue weighted by atomic mass is 10.3. The molecule has 1 unspecified atom stereocenters. The van der Waals surface area contributed by atoms with Gasteiger partial charge in [0.2, 0.25) is 0 Å². The molecular weight excluding hydrogens is 407 g/mol. The molecule has 0 aliphatic rings. The zero-order valence-corrected chi connectivity index (χ0v) is 14.1. The number of rotatable bonds is 9. The van der Waals surface area contributed by atoms with Gasteiger partial charge in [-0.15, -0.1) is 0 Å². The van der Waals surface area contributed by atoms with Crippen molar-refractivity contribution in [2.45, 2.75) is 25.2 Å². The lowest BCUT2D eigenvalue weighted by Crippen LogP contribution is -2.39. The third-order valence-corrected chi connectivity index (χ3v) is 4.36. The van der Waals surface area contributed by atoms with E-state index in [2.05, 4.69) is 0 Å². The molecule has 0 saturated heterocycles. The van der Waals surface area contributed by atoms with Crippen LogP contribution < -0.4 is 10.6 Å². The first-order valence-electron chi connectivity index (χ1n) is 6.63. The van der Waals surface area contributed by atoms with Crippen molar-refractivity contribution < 1.29 is 45.4 Å². The van der Waals surface area contributed by atoms with Crippen LogP contribution in [0.25, 0.3) is 0 Å². The highest BCUT2D eigenvalue weighted by Crippen LogP contribution is 2.50. The first kappa shape index (κ1) is 24.0. The van der Waals surface area contributed by atoms with Gasteiger partial charge in [-0.25, -0.2) is 4.67 Å². The molecule has 1 atom stereocenters. The fourth-order valence-corrected chi connectivity index (χ4v) is 2.72. The minimum atomic E-state index is -5.06. The van der Waals surface area contributed by atoms with Crippen LogP contribution in [0.3, 0.4) is 0 Å². The zero-order valence-electron chi connectivity index (χ0n) is 12.5. The zero-order chi connectivity index (χ0) is 19.9. The number of alkyl halides is 6. The van der Waals surface area contributed by atoms with Gasteiger partial charge in [-0.2, -0.15) is 26.3 Å². The van der Waals surface area contributed by atoms with E-state index in [1.807, 2.05) is 0 Å². The molecule has 0 spiro atoms. The van der Waals surface area contributed by atoms with E-state index in [9.17, 15) is 45.4 Å². The number of hydrogen-bond donors (Lipinski definition) is 3. The number of nitrogens with zero attached hydrogens (tertiary/aromatic N) is 1. The van der Waals surface area contributed by atoms with Crippen molar-refractivity contribution in [2.75, 3.05) is 26.2 Å². The molecule has 148 valence electrons. The molecule has 25 heavy (non-hydrogen) atoms. The molecule has 0 fully saturated rings. The predicted octanol–water partition coefficient (Wildman–Crippen LogP) is 1.76. The van der Waals surface area contributed by atoms with E-state index in [-0.39, 0.29) is 25.9 Å². The SMILES string of the molecule is O=C(NCCCN(CCCNC(=O)C(F)(F)F)P(=O)(O)Cl)C(F)(F)F. The highest BCUT2D eigenvalue weighted by molar-refractivity contribution is 7.82.